The summed E-state index contributed by atoms with van der Waals surface area (Å²) >= 11 is 0. The van der Waals surface area contributed by atoms with E-state index in [2.05, 4.69) is 12.0 Å². The van der Waals surface area contributed by atoms with Gasteiger partial charge in [-0.15, -0.1) is 6.42 Å². The van der Waals surface area contributed by atoms with Crippen LogP contribution in [-0.4, -0.2) is 0 Å². The third-order valence-corrected chi connectivity index (χ3v) is 1.87. The maximum absolute atomic E-state index is 8.80. The zero-order chi connectivity index (χ0) is 9.84. The van der Waals surface area contributed by atoms with Crippen molar-refractivity contribution in [1.82, 2.24) is 0 Å². The fraction of sp³-hybridized carbons (Fsp3) is 0.167. The Kier molecular flexibility index (Phi) is 2.72. The molecule has 0 aliphatic carbocycles. The summed E-state index contributed by atoms with van der Waals surface area (Å²) in [6, 6.07) is 7.61. The van der Waals surface area contributed by atoms with Crippen molar-refractivity contribution in [3.05, 3.63) is 40.8 Å². The molecule has 1 nitrogen and oxygen atoms in total. The molecule has 1 heteroatoms. The average molecular weight is 168 g/mol. The number of terminal acetylenes is 1. The van der Waals surface area contributed by atoms with Gasteiger partial charge >= 0.3 is 0 Å². The van der Waals surface area contributed by atoms with Crippen LogP contribution < -0.4 is 0 Å². The monoisotopic (exact) mass is 168 g/mol. The van der Waals surface area contributed by atoms with Crippen LogP contribution in [0.3, 0.4) is 0 Å². The average Bonchev–Trinajstić information content (AvgIpc) is 2.16. The van der Waals surface area contributed by atoms with Crippen molar-refractivity contribution in [2.45, 2.75) is 13.8 Å². The van der Waals surface area contributed by atoms with Gasteiger partial charge in [0.2, 0.25) is 0 Å². The molecule has 63 valence electrons. The lowest BCUT2D eigenvalue weighted by Crippen LogP contribution is -1.95. The Morgan fingerprint density at radius 2 is 2.08 bits per heavy atom. The van der Waals surface area contributed by atoms with Crippen LogP contribution in [-0.2, 0) is 0 Å². The highest BCUT2D eigenvalue weighted by molar-refractivity contribution is 5.55. The van der Waals surface area contributed by atoms with Crippen LogP contribution in [0.5, 0.6) is 0 Å². The van der Waals surface area contributed by atoms with Crippen LogP contribution >= 0.6 is 0 Å². The summed E-state index contributed by atoms with van der Waals surface area (Å²) < 4.78 is 0. The highest BCUT2D eigenvalue weighted by Crippen LogP contribution is 2.20. The quantitative estimate of drug-likeness (QED) is 0.591. The Hall–Kier alpha value is -1.73. The molecule has 0 aliphatic rings. The predicted molar refractivity (Wildman–Crippen MR) is 52.8 cm³/mol. The fourth-order valence-corrected chi connectivity index (χ4v) is 1.22. The maximum Gasteiger partial charge on any atom is 0.100 e. The van der Waals surface area contributed by atoms with E-state index >= 15 is 0 Å². The molecule has 0 fully saturated rings. The van der Waals surface area contributed by atoms with Crippen LogP contribution in [0.1, 0.15) is 30.5 Å². The van der Waals surface area contributed by atoms with E-state index in [-0.39, 0.29) is 0 Å². The van der Waals surface area contributed by atoms with Crippen LogP contribution in [0.4, 0.5) is 0 Å². The van der Waals surface area contributed by atoms with E-state index in [1.165, 1.54) is 0 Å². The molecule has 0 aromatic heterocycles. The largest absolute Gasteiger partial charge is 0.192 e. The number of rotatable bonds is 1. The fourth-order valence-electron chi connectivity index (χ4n) is 1.22. The normalized spacial score (nSPS) is 9.31. The van der Waals surface area contributed by atoms with Crippen LogP contribution in [0.15, 0.2) is 18.2 Å². The standard InChI is InChI=1S/C12H10N/c1-4-11-10(8-13)6-5-7-12(11)9(2)3/h1,5-7H,2-3H3. The van der Waals surface area contributed by atoms with E-state index in [9.17, 15) is 0 Å². The molecule has 1 radical (unpaired) electrons. The van der Waals surface area contributed by atoms with Gasteiger partial charge in [-0.05, 0) is 11.6 Å². The molecule has 0 bridgehead atoms. The van der Waals surface area contributed by atoms with Crippen molar-refractivity contribution in [3.8, 4) is 18.4 Å². The first-order chi connectivity index (χ1) is 6.20. The highest BCUT2D eigenvalue weighted by Gasteiger charge is 2.08. The minimum absolute atomic E-state index is 0.571. The molecule has 0 saturated heterocycles. The molecule has 13 heavy (non-hydrogen) atoms. The van der Waals surface area contributed by atoms with Crippen molar-refractivity contribution >= 4 is 0 Å². The zero-order valence-corrected chi connectivity index (χ0v) is 7.76. The molecule has 0 atom stereocenters. The number of hydrogen-bond donors (Lipinski definition) is 0. The van der Waals surface area contributed by atoms with E-state index < -0.39 is 0 Å². The Morgan fingerprint density at radius 3 is 2.54 bits per heavy atom. The van der Waals surface area contributed by atoms with Crippen LogP contribution in [0.2, 0.25) is 0 Å². The summed E-state index contributed by atoms with van der Waals surface area (Å²) in [5.41, 5.74) is 2.26. The second kappa shape index (κ2) is 3.78. The third kappa shape index (κ3) is 1.71. The number of hydrogen-bond acceptors (Lipinski definition) is 1. The third-order valence-electron chi connectivity index (χ3n) is 1.87. The van der Waals surface area contributed by atoms with Crippen molar-refractivity contribution in [2.24, 2.45) is 0 Å². The lowest BCUT2D eigenvalue weighted by atomic mass is 9.94. The van der Waals surface area contributed by atoms with Crippen LogP contribution in [0, 0.1) is 29.6 Å². The van der Waals surface area contributed by atoms with Gasteiger partial charge in [-0.3, -0.25) is 0 Å². The van der Waals surface area contributed by atoms with Gasteiger partial charge in [-0.25, -0.2) is 0 Å². The topological polar surface area (TPSA) is 23.8 Å². The molecule has 0 aliphatic heterocycles. The van der Waals surface area contributed by atoms with Crippen molar-refractivity contribution in [2.75, 3.05) is 0 Å². The Morgan fingerprint density at radius 1 is 1.38 bits per heavy atom. The smallest absolute Gasteiger partial charge is 0.100 e. The molecular formula is C12H10N. The van der Waals surface area contributed by atoms with E-state index in [0.29, 0.717) is 11.1 Å². The van der Waals surface area contributed by atoms with Crippen LogP contribution in [0.25, 0.3) is 0 Å². The molecule has 0 amide bonds. The first kappa shape index (κ1) is 9.36. The van der Waals surface area contributed by atoms with E-state index in [1.54, 1.807) is 6.07 Å². The zero-order valence-electron chi connectivity index (χ0n) is 7.76. The SMILES string of the molecule is C#Cc1c(C#N)cccc1[C](C)C. The van der Waals surface area contributed by atoms with Gasteiger partial charge in [-0.2, -0.15) is 5.26 Å². The number of nitrogens with zero attached hydrogens (tertiary/aromatic N) is 1. The van der Waals surface area contributed by atoms with Gasteiger partial charge in [0.1, 0.15) is 6.07 Å². The first-order valence-electron chi connectivity index (χ1n) is 4.01. The lowest BCUT2D eigenvalue weighted by Gasteiger charge is -2.08. The molecule has 1 aromatic carbocycles. The maximum atomic E-state index is 8.80. The predicted octanol–water partition coefficient (Wildman–Crippen LogP) is 2.50. The molecule has 0 unspecified atom stereocenters. The molecule has 1 rings (SSSR count). The van der Waals surface area contributed by atoms with Gasteiger partial charge in [0.25, 0.3) is 0 Å². The second-order valence-electron chi connectivity index (χ2n) is 2.98. The van der Waals surface area contributed by atoms with Crippen molar-refractivity contribution in [1.29, 1.82) is 5.26 Å². The van der Waals surface area contributed by atoms with Crippen molar-refractivity contribution in [3.63, 3.8) is 0 Å². The molecular weight excluding hydrogens is 158 g/mol. The van der Waals surface area contributed by atoms with E-state index in [0.717, 1.165) is 11.5 Å². The Labute approximate surface area is 79.0 Å². The summed E-state index contributed by atoms with van der Waals surface area (Å²) in [4.78, 5) is 0. The van der Waals surface area contributed by atoms with E-state index in [4.69, 9.17) is 11.7 Å². The first-order valence-corrected chi connectivity index (χ1v) is 4.01. The molecule has 0 saturated carbocycles. The number of nitriles is 1. The van der Waals surface area contributed by atoms with Crippen molar-refractivity contribution < 1.29 is 0 Å². The summed E-state index contributed by atoms with van der Waals surface area (Å²) in [7, 11) is 0. The molecule has 0 heterocycles. The molecule has 1 aromatic rings. The minimum atomic E-state index is 0.571. The summed E-state index contributed by atoms with van der Waals surface area (Å²) in [5, 5.41) is 8.80. The van der Waals surface area contributed by atoms with Gasteiger partial charge in [-0.1, -0.05) is 31.9 Å². The van der Waals surface area contributed by atoms with Gasteiger partial charge < -0.3 is 0 Å². The second-order valence-corrected chi connectivity index (χ2v) is 2.98. The molecule has 0 spiro atoms. The lowest BCUT2D eigenvalue weighted by molar-refractivity contribution is 1.14. The number of benzene rings is 1. The minimum Gasteiger partial charge on any atom is -0.192 e. The summed E-state index contributed by atoms with van der Waals surface area (Å²) in [6.45, 7) is 3.97. The molecule has 0 N–H and O–H groups in total. The Balaban J connectivity index is 3.40. The Bertz CT molecular complexity index is 389. The van der Waals surface area contributed by atoms with E-state index in [1.807, 2.05) is 26.0 Å². The van der Waals surface area contributed by atoms with Gasteiger partial charge in [0.15, 0.2) is 0 Å². The highest BCUT2D eigenvalue weighted by atomic mass is 14.2. The summed E-state index contributed by atoms with van der Waals surface area (Å²) in [6.07, 6.45) is 5.35. The summed E-state index contributed by atoms with van der Waals surface area (Å²) in [5.74, 6) is 3.68. The van der Waals surface area contributed by atoms with Gasteiger partial charge in [0, 0.05) is 11.5 Å². The van der Waals surface area contributed by atoms with Gasteiger partial charge in [0.05, 0.1) is 5.56 Å².